The van der Waals surface area contributed by atoms with Crippen LogP contribution in [0.3, 0.4) is 0 Å². The van der Waals surface area contributed by atoms with E-state index >= 15 is 0 Å². The van der Waals surface area contributed by atoms with Crippen molar-refractivity contribution in [1.29, 1.82) is 0 Å². The Hall–Kier alpha value is -2.11. The molecule has 26 heavy (non-hydrogen) atoms. The molecule has 1 amide bonds. The lowest BCUT2D eigenvalue weighted by Crippen LogP contribution is -2.41. The third-order valence-corrected chi connectivity index (χ3v) is 5.32. The summed E-state index contributed by atoms with van der Waals surface area (Å²) in [5.74, 6) is 0.786. The molecule has 1 aliphatic rings. The van der Waals surface area contributed by atoms with Crippen molar-refractivity contribution >= 4 is 16.7 Å². The number of fused-ring (bicyclic) bond motifs is 1. The summed E-state index contributed by atoms with van der Waals surface area (Å²) in [7, 11) is 3.26. The minimum atomic E-state index is -0.469. The zero-order chi connectivity index (χ0) is 18.5. The second-order valence-electron chi connectivity index (χ2n) is 6.86. The molecule has 0 radical (unpaired) electrons. The van der Waals surface area contributed by atoms with Gasteiger partial charge in [-0.2, -0.15) is 0 Å². The summed E-state index contributed by atoms with van der Waals surface area (Å²) in [5.41, 5.74) is 1.11. The first-order chi connectivity index (χ1) is 12.6. The number of benzene rings is 2. The number of carbonyl (C=O) groups is 1. The van der Waals surface area contributed by atoms with Crippen molar-refractivity contribution in [3.05, 3.63) is 42.0 Å². The predicted molar refractivity (Wildman–Crippen MR) is 101 cm³/mol. The summed E-state index contributed by atoms with van der Waals surface area (Å²) in [6, 6.07) is 12.2. The summed E-state index contributed by atoms with van der Waals surface area (Å²) in [5, 5.41) is 15.2. The van der Waals surface area contributed by atoms with Gasteiger partial charge in [0.15, 0.2) is 0 Å². The number of aliphatic hydroxyl groups is 1. The predicted octanol–water partition coefficient (Wildman–Crippen LogP) is 2.68. The van der Waals surface area contributed by atoms with Gasteiger partial charge in [-0.25, -0.2) is 0 Å². The number of nitrogens with one attached hydrogen (secondary N) is 1. The van der Waals surface area contributed by atoms with Gasteiger partial charge in [-0.1, -0.05) is 30.3 Å². The Balaban J connectivity index is 1.63. The molecule has 2 aromatic carbocycles. The number of hydrogen-bond donors (Lipinski definition) is 2. The van der Waals surface area contributed by atoms with Crippen LogP contribution in [0.2, 0.25) is 0 Å². The van der Waals surface area contributed by atoms with Crippen LogP contribution < -0.4 is 10.1 Å². The number of ether oxygens (including phenoxy) is 2. The van der Waals surface area contributed by atoms with Gasteiger partial charge in [0.05, 0.1) is 19.3 Å². The van der Waals surface area contributed by atoms with E-state index in [1.54, 1.807) is 14.2 Å². The van der Waals surface area contributed by atoms with Gasteiger partial charge >= 0.3 is 0 Å². The van der Waals surface area contributed by atoms with E-state index in [9.17, 15) is 9.90 Å². The molecule has 0 bridgehead atoms. The number of aliphatic hydroxyl groups excluding tert-OH is 1. The quantitative estimate of drug-likeness (QED) is 0.834. The molecule has 1 saturated carbocycles. The molecular formula is C21H27NO4. The largest absolute Gasteiger partial charge is 0.496 e. The Morgan fingerprint density at radius 3 is 2.77 bits per heavy atom. The second kappa shape index (κ2) is 8.52. The van der Waals surface area contributed by atoms with Crippen LogP contribution >= 0.6 is 0 Å². The smallest absolute Gasteiger partial charge is 0.223 e. The van der Waals surface area contributed by atoms with Gasteiger partial charge in [0.1, 0.15) is 5.75 Å². The van der Waals surface area contributed by atoms with Crippen molar-refractivity contribution < 1.29 is 19.4 Å². The normalized spacial score (nSPS) is 23.0. The number of amides is 1. The van der Waals surface area contributed by atoms with Gasteiger partial charge in [-0.15, -0.1) is 0 Å². The van der Waals surface area contributed by atoms with E-state index in [4.69, 9.17) is 9.47 Å². The van der Waals surface area contributed by atoms with Gasteiger partial charge in [-0.3, -0.25) is 4.79 Å². The molecule has 0 heterocycles. The van der Waals surface area contributed by atoms with E-state index in [-0.39, 0.29) is 17.9 Å². The summed E-state index contributed by atoms with van der Waals surface area (Å²) in [4.78, 5) is 12.5. The van der Waals surface area contributed by atoms with Crippen molar-refractivity contribution in [3.63, 3.8) is 0 Å². The summed E-state index contributed by atoms with van der Waals surface area (Å²) < 4.78 is 10.8. The van der Waals surface area contributed by atoms with Crippen LogP contribution in [0.1, 0.15) is 24.8 Å². The van der Waals surface area contributed by atoms with Crippen LogP contribution in [-0.2, 0) is 16.0 Å². The number of hydrogen-bond acceptors (Lipinski definition) is 4. The van der Waals surface area contributed by atoms with E-state index in [2.05, 4.69) is 23.5 Å². The number of rotatable bonds is 6. The van der Waals surface area contributed by atoms with E-state index in [0.717, 1.165) is 16.7 Å². The zero-order valence-electron chi connectivity index (χ0n) is 15.4. The van der Waals surface area contributed by atoms with Crippen molar-refractivity contribution in [2.45, 2.75) is 37.9 Å². The second-order valence-corrected chi connectivity index (χ2v) is 6.86. The van der Waals surface area contributed by atoms with Crippen LogP contribution in [0.25, 0.3) is 10.8 Å². The van der Waals surface area contributed by atoms with Crippen molar-refractivity contribution in [2.24, 2.45) is 5.92 Å². The Morgan fingerprint density at radius 2 is 2.00 bits per heavy atom. The molecule has 5 heteroatoms. The fraction of sp³-hybridized carbons (Fsp3) is 0.476. The number of methoxy groups -OCH3 is 2. The van der Waals surface area contributed by atoms with E-state index in [1.807, 2.05) is 18.2 Å². The summed E-state index contributed by atoms with van der Waals surface area (Å²) in [6.07, 6.45) is 1.86. The van der Waals surface area contributed by atoms with Gasteiger partial charge < -0.3 is 19.9 Å². The maximum Gasteiger partial charge on any atom is 0.223 e. The highest BCUT2D eigenvalue weighted by Crippen LogP contribution is 2.29. The highest BCUT2D eigenvalue weighted by atomic mass is 16.5. The number of carbonyl (C=O) groups excluding carboxylic acids is 1. The molecule has 0 aliphatic heterocycles. The highest BCUT2D eigenvalue weighted by molar-refractivity contribution is 5.88. The lowest BCUT2D eigenvalue weighted by atomic mass is 9.84. The molecule has 0 aromatic heterocycles. The molecule has 1 aliphatic carbocycles. The standard InChI is InChI=1S/C21H27NO4/c1-25-19-10-8-14-5-3-4-6-16(14)17(19)11-12-22-21(24)15-7-9-18(23)20(13-15)26-2/h3-6,8,10,15,18,20,23H,7,9,11-13H2,1-2H3,(H,22,24)/t15-,18+,20-/m1/s1. The maximum absolute atomic E-state index is 12.5. The van der Waals surface area contributed by atoms with Crippen LogP contribution in [0, 0.1) is 5.92 Å². The first kappa shape index (κ1) is 18.7. The lowest BCUT2D eigenvalue weighted by Gasteiger charge is -2.31. The molecular weight excluding hydrogens is 330 g/mol. The van der Waals surface area contributed by atoms with E-state index < -0.39 is 6.10 Å². The molecule has 2 N–H and O–H groups in total. The van der Waals surface area contributed by atoms with Crippen LogP contribution in [0.15, 0.2) is 36.4 Å². The lowest BCUT2D eigenvalue weighted by molar-refractivity contribution is -0.130. The third-order valence-electron chi connectivity index (χ3n) is 5.32. The first-order valence-electron chi connectivity index (χ1n) is 9.17. The summed E-state index contributed by atoms with van der Waals surface area (Å²) >= 11 is 0. The first-order valence-corrected chi connectivity index (χ1v) is 9.17. The molecule has 1 fully saturated rings. The molecule has 0 saturated heterocycles. The highest BCUT2D eigenvalue weighted by Gasteiger charge is 2.32. The van der Waals surface area contributed by atoms with Crippen LogP contribution in [-0.4, -0.2) is 44.0 Å². The molecule has 3 atom stereocenters. The summed E-state index contributed by atoms with van der Waals surface area (Å²) in [6.45, 7) is 0.555. The monoisotopic (exact) mass is 357 g/mol. The van der Waals surface area contributed by atoms with Crippen LogP contribution in [0.5, 0.6) is 5.75 Å². The van der Waals surface area contributed by atoms with E-state index in [1.165, 1.54) is 5.39 Å². The topological polar surface area (TPSA) is 67.8 Å². The fourth-order valence-corrected chi connectivity index (χ4v) is 3.82. The molecule has 3 rings (SSSR count). The van der Waals surface area contributed by atoms with Gasteiger partial charge in [-0.05, 0) is 42.5 Å². The van der Waals surface area contributed by atoms with Gasteiger partial charge in [0, 0.05) is 25.1 Å². The van der Waals surface area contributed by atoms with Crippen molar-refractivity contribution in [1.82, 2.24) is 5.32 Å². The van der Waals surface area contributed by atoms with Crippen molar-refractivity contribution in [2.75, 3.05) is 20.8 Å². The average molecular weight is 357 g/mol. The fourth-order valence-electron chi connectivity index (χ4n) is 3.82. The minimum absolute atomic E-state index is 0.0400. The van der Waals surface area contributed by atoms with Crippen LogP contribution in [0.4, 0.5) is 0 Å². The van der Waals surface area contributed by atoms with Crippen molar-refractivity contribution in [3.8, 4) is 5.75 Å². The molecule has 0 unspecified atom stereocenters. The SMILES string of the molecule is COc1ccc2ccccc2c1CCNC(=O)[C@@H]1CC[C@H](O)[C@H](OC)C1. The Bertz CT molecular complexity index is 761. The molecule has 140 valence electrons. The Labute approximate surface area is 154 Å². The average Bonchev–Trinajstić information content (AvgIpc) is 2.68. The third kappa shape index (κ3) is 4.00. The van der Waals surface area contributed by atoms with Gasteiger partial charge in [0.2, 0.25) is 5.91 Å². The van der Waals surface area contributed by atoms with E-state index in [0.29, 0.717) is 32.2 Å². The zero-order valence-corrected chi connectivity index (χ0v) is 15.4. The van der Waals surface area contributed by atoms with Gasteiger partial charge in [0.25, 0.3) is 0 Å². The minimum Gasteiger partial charge on any atom is -0.496 e. The molecule has 0 spiro atoms. The maximum atomic E-state index is 12.5. The Morgan fingerprint density at radius 1 is 1.19 bits per heavy atom. The Kier molecular flexibility index (Phi) is 6.12. The molecule has 5 nitrogen and oxygen atoms in total. The molecule has 2 aromatic rings.